The number of hydrogen-bond acceptors (Lipinski definition) is 3. The van der Waals surface area contributed by atoms with Crippen LogP contribution in [0.3, 0.4) is 0 Å². The fourth-order valence-electron chi connectivity index (χ4n) is 1.28. The van der Waals surface area contributed by atoms with Gasteiger partial charge in [0.2, 0.25) is 5.91 Å². The molecule has 0 heterocycles. The van der Waals surface area contributed by atoms with Gasteiger partial charge in [-0.15, -0.1) is 0 Å². The van der Waals surface area contributed by atoms with E-state index in [2.05, 4.69) is 10.6 Å². The van der Waals surface area contributed by atoms with Gasteiger partial charge in [0.1, 0.15) is 0 Å². The van der Waals surface area contributed by atoms with Gasteiger partial charge >= 0.3 is 5.97 Å². The van der Waals surface area contributed by atoms with Crippen LogP contribution in [0.5, 0.6) is 0 Å². The van der Waals surface area contributed by atoms with E-state index in [-0.39, 0.29) is 17.9 Å². The largest absolute Gasteiger partial charge is 0.481 e. The quantitative estimate of drug-likeness (QED) is 0.629. The Hall–Kier alpha value is -1.10. The Morgan fingerprint density at radius 2 is 1.88 bits per heavy atom. The van der Waals surface area contributed by atoms with Crippen LogP contribution in [0.4, 0.5) is 0 Å². The average Bonchev–Trinajstić information content (AvgIpc) is 2.10. The van der Waals surface area contributed by atoms with Crippen LogP contribution >= 0.6 is 0 Å². The van der Waals surface area contributed by atoms with Crippen molar-refractivity contribution in [2.45, 2.75) is 52.1 Å². The lowest BCUT2D eigenvalue weighted by molar-refractivity contribution is -0.140. The molecule has 1 atom stereocenters. The molecule has 3 N–H and O–H groups in total. The molecule has 16 heavy (non-hydrogen) atoms. The highest BCUT2D eigenvalue weighted by atomic mass is 16.4. The fraction of sp³-hybridized carbons (Fsp3) is 0.818. The van der Waals surface area contributed by atoms with Gasteiger partial charge in [-0.05, 0) is 27.2 Å². The molecule has 1 amide bonds. The second-order valence-electron chi connectivity index (χ2n) is 4.84. The van der Waals surface area contributed by atoms with Crippen molar-refractivity contribution >= 4 is 11.9 Å². The SMILES string of the molecule is CCCNC(=O)C(CC(=O)O)NC(C)(C)C. The average molecular weight is 230 g/mol. The van der Waals surface area contributed by atoms with Crippen molar-refractivity contribution in [2.24, 2.45) is 0 Å². The van der Waals surface area contributed by atoms with Gasteiger partial charge in [-0.3, -0.25) is 9.59 Å². The number of carboxylic acids is 1. The number of nitrogens with one attached hydrogen (secondary N) is 2. The second-order valence-corrected chi connectivity index (χ2v) is 4.84. The molecule has 1 unspecified atom stereocenters. The topological polar surface area (TPSA) is 78.4 Å². The van der Waals surface area contributed by atoms with E-state index in [0.717, 1.165) is 6.42 Å². The molecule has 0 bridgehead atoms. The van der Waals surface area contributed by atoms with Crippen molar-refractivity contribution in [1.82, 2.24) is 10.6 Å². The summed E-state index contributed by atoms with van der Waals surface area (Å²) in [5, 5.41) is 14.4. The molecular weight excluding hydrogens is 208 g/mol. The molecule has 5 nitrogen and oxygen atoms in total. The minimum atomic E-state index is -0.978. The number of carboxylic acid groups (broad SMARTS) is 1. The zero-order valence-corrected chi connectivity index (χ0v) is 10.5. The van der Waals surface area contributed by atoms with Gasteiger partial charge in [-0.1, -0.05) is 6.92 Å². The third-order valence-corrected chi connectivity index (χ3v) is 1.85. The first kappa shape index (κ1) is 14.9. The summed E-state index contributed by atoms with van der Waals surface area (Å²) in [6.07, 6.45) is 0.633. The van der Waals surface area contributed by atoms with Gasteiger partial charge in [-0.25, -0.2) is 0 Å². The van der Waals surface area contributed by atoms with E-state index in [0.29, 0.717) is 6.54 Å². The van der Waals surface area contributed by atoms with Crippen molar-refractivity contribution < 1.29 is 14.7 Å². The van der Waals surface area contributed by atoms with E-state index < -0.39 is 12.0 Å². The fourth-order valence-corrected chi connectivity index (χ4v) is 1.28. The van der Waals surface area contributed by atoms with Crippen LogP contribution in [-0.4, -0.2) is 35.1 Å². The Balaban J connectivity index is 4.41. The van der Waals surface area contributed by atoms with E-state index >= 15 is 0 Å². The summed E-state index contributed by atoms with van der Waals surface area (Å²) in [4.78, 5) is 22.3. The number of amides is 1. The molecular formula is C11H22N2O3. The van der Waals surface area contributed by atoms with Crippen LogP contribution in [0, 0.1) is 0 Å². The van der Waals surface area contributed by atoms with Crippen molar-refractivity contribution in [1.29, 1.82) is 0 Å². The van der Waals surface area contributed by atoms with Gasteiger partial charge in [0.25, 0.3) is 0 Å². The van der Waals surface area contributed by atoms with Crippen LogP contribution in [0.25, 0.3) is 0 Å². The summed E-state index contributed by atoms with van der Waals surface area (Å²) in [6, 6.07) is -0.677. The van der Waals surface area contributed by atoms with Crippen LogP contribution in [0.15, 0.2) is 0 Å². The minimum absolute atomic E-state index is 0.202. The highest BCUT2D eigenvalue weighted by Gasteiger charge is 2.25. The zero-order valence-electron chi connectivity index (χ0n) is 10.5. The first-order valence-corrected chi connectivity index (χ1v) is 5.53. The first-order chi connectivity index (χ1) is 7.26. The van der Waals surface area contributed by atoms with E-state index in [1.807, 2.05) is 27.7 Å². The summed E-state index contributed by atoms with van der Waals surface area (Å²) < 4.78 is 0. The van der Waals surface area contributed by atoms with E-state index in [4.69, 9.17) is 5.11 Å². The van der Waals surface area contributed by atoms with Crippen LogP contribution in [-0.2, 0) is 9.59 Å². The van der Waals surface area contributed by atoms with Crippen LogP contribution in [0.1, 0.15) is 40.5 Å². The number of hydrogen-bond donors (Lipinski definition) is 3. The van der Waals surface area contributed by atoms with Gasteiger partial charge in [0, 0.05) is 12.1 Å². The van der Waals surface area contributed by atoms with E-state index in [1.165, 1.54) is 0 Å². The van der Waals surface area contributed by atoms with Gasteiger partial charge < -0.3 is 15.7 Å². The van der Waals surface area contributed by atoms with Crippen molar-refractivity contribution in [2.75, 3.05) is 6.54 Å². The summed E-state index contributed by atoms with van der Waals surface area (Å²) >= 11 is 0. The van der Waals surface area contributed by atoms with Crippen LogP contribution < -0.4 is 10.6 Å². The normalized spacial score (nSPS) is 13.2. The summed E-state index contributed by atoms with van der Waals surface area (Å²) in [7, 11) is 0. The predicted octanol–water partition coefficient (Wildman–Crippen LogP) is 0.744. The maximum atomic E-state index is 11.7. The standard InChI is InChI=1S/C11H22N2O3/c1-5-6-12-10(16)8(7-9(14)15)13-11(2,3)4/h8,13H,5-7H2,1-4H3,(H,12,16)(H,14,15). The summed E-state index contributed by atoms with van der Waals surface area (Å²) in [5.74, 6) is -1.23. The summed E-state index contributed by atoms with van der Waals surface area (Å²) in [6.45, 7) is 8.21. The monoisotopic (exact) mass is 230 g/mol. The molecule has 0 saturated carbocycles. The number of carbonyl (C=O) groups is 2. The van der Waals surface area contributed by atoms with Gasteiger partial charge in [-0.2, -0.15) is 0 Å². The molecule has 0 fully saturated rings. The number of rotatable bonds is 6. The predicted molar refractivity (Wildman–Crippen MR) is 62.2 cm³/mol. The Morgan fingerprint density at radius 1 is 1.31 bits per heavy atom. The molecule has 0 rings (SSSR count). The van der Waals surface area contributed by atoms with Crippen molar-refractivity contribution in [3.05, 3.63) is 0 Å². The minimum Gasteiger partial charge on any atom is -0.481 e. The molecule has 0 aliphatic rings. The van der Waals surface area contributed by atoms with Crippen molar-refractivity contribution in [3.8, 4) is 0 Å². The molecule has 94 valence electrons. The molecule has 0 aliphatic carbocycles. The molecule has 0 aliphatic heterocycles. The highest BCUT2D eigenvalue weighted by Crippen LogP contribution is 2.04. The molecule has 0 saturated heterocycles. The van der Waals surface area contributed by atoms with Gasteiger partial charge in [0.05, 0.1) is 12.5 Å². The molecule has 0 spiro atoms. The lowest BCUT2D eigenvalue weighted by Crippen LogP contribution is -2.52. The lowest BCUT2D eigenvalue weighted by Gasteiger charge is -2.26. The number of carbonyl (C=O) groups excluding carboxylic acids is 1. The maximum Gasteiger partial charge on any atom is 0.305 e. The highest BCUT2D eigenvalue weighted by molar-refractivity contribution is 5.86. The third-order valence-electron chi connectivity index (χ3n) is 1.85. The molecule has 0 aromatic heterocycles. The Morgan fingerprint density at radius 3 is 2.25 bits per heavy atom. The molecule has 0 aromatic rings. The zero-order chi connectivity index (χ0) is 12.8. The first-order valence-electron chi connectivity index (χ1n) is 5.53. The van der Waals surface area contributed by atoms with E-state index in [9.17, 15) is 9.59 Å². The molecule has 0 radical (unpaired) electrons. The summed E-state index contributed by atoms with van der Waals surface area (Å²) in [5.41, 5.74) is -0.288. The Labute approximate surface area is 96.6 Å². The third kappa shape index (κ3) is 7.23. The molecule has 0 aromatic carbocycles. The Bertz CT molecular complexity index is 246. The smallest absolute Gasteiger partial charge is 0.305 e. The van der Waals surface area contributed by atoms with Crippen molar-refractivity contribution in [3.63, 3.8) is 0 Å². The van der Waals surface area contributed by atoms with E-state index in [1.54, 1.807) is 0 Å². The maximum absolute atomic E-state index is 11.7. The van der Waals surface area contributed by atoms with Crippen LogP contribution in [0.2, 0.25) is 0 Å². The molecule has 5 heteroatoms. The lowest BCUT2D eigenvalue weighted by atomic mass is 10.0. The van der Waals surface area contributed by atoms with Gasteiger partial charge in [0.15, 0.2) is 0 Å². The number of aliphatic carboxylic acids is 1. The second kappa shape index (κ2) is 6.48. The Kier molecular flexibility index (Phi) is 6.03.